The first-order chi connectivity index (χ1) is 10.6. The van der Waals surface area contributed by atoms with Crippen molar-refractivity contribution in [3.05, 3.63) is 59.8 Å². The molecule has 118 valence electrons. The van der Waals surface area contributed by atoms with E-state index in [1.165, 1.54) is 6.07 Å². The first kappa shape index (κ1) is 16.1. The van der Waals surface area contributed by atoms with Crippen LogP contribution >= 0.6 is 0 Å². The van der Waals surface area contributed by atoms with Crippen LogP contribution in [0.25, 0.3) is 0 Å². The number of hydrogen-bond acceptors (Lipinski definition) is 2. The number of aryl methyl sites for hydroxylation is 1. The first-order valence-electron chi connectivity index (χ1n) is 7.40. The maximum Gasteiger partial charge on any atom is 0.315 e. The summed E-state index contributed by atoms with van der Waals surface area (Å²) in [5.41, 5.74) is 0.473. The molecule has 2 rings (SSSR count). The fourth-order valence-corrected chi connectivity index (χ4v) is 2.25. The number of rotatable bonds is 6. The number of furan rings is 1. The molecule has 5 heteroatoms. The second kappa shape index (κ2) is 7.64. The Kier molecular flexibility index (Phi) is 5.58. The summed E-state index contributed by atoms with van der Waals surface area (Å²) in [7, 11) is 0. The fourth-order valence-electron chi connectivity index (χ4n) is 2.25. The molecule has 0 saturated heterocycles. The Morgan fingerprint density at radius 2 is 1.95 bits per heavy atom. The van der Waals surface area contributed by atoms with E-state index < -0.39 is 6.04 Å². The predicted molar refractivity (Wildman–Crippen MR) is 83.0 cm³/mol. The molecule has 0 radical (unpaired) electrons. The predicted octanol–water partition coefficient (Wildman–Crippen LogP) is 3.80. The molecule has 0 spiro atoms. The van der Waals surface area contributed by atoms with Crippen LogP contribution in [0.2, 0.25) is 0 Å². The SMILES string of the molecule is C[C@H](CCc1ccco1)NC(=O)N[C@@H](C)c1ccccc1F. The highest BCUT2D eigenvalue weighted by Crippen LogP contribution is 2.15. The lowest BCUT2D eigenvalue weighted by Crippen LogP contribution is -2.42. The summed E-state index contributed by atoms with van der Waals surface area (Å²) in [4.78, 5) is 11.9. The normalized spacial score (nSPS) is 13.4. The van der Waals surface area contributed by atoms with Crippen LogP contribution in [-0.4, -0.2) is 12.1 Å². The lowest BCUT2D eigenvalue weighted by molar-refractivity contribution is 0.234. The van der Waals surface area contributed by atoms with Crippen molar-refractivity contribution < 1.29 is 13.6 Å². The van der Waals surface area contributed by atoms with Gasteiger partial charge in [-0.15, -0.1) is 0 Å². The number of carbonyl (C=O) groups is 1. The average Bonchev–Trinajstić information content (AvgIpc) is 2.98. The molecule has 0 aliphatic heterocycles. The van der Waals surface area contributed by atoms with Gasteiger partial charge in [-0.25, -0.2) is 9.18 Å². The fraction of sp³-hybridized carbons (Fsp3) is 0.353. The van der Waals surface area contributed by atoms with Gasteiger partial charge in [-0.1, -0.05) is 18.2 Å². The molecule has 4 nitrogen and oxygen atoms in total. The summed E-state index contributed by atoms with van der Waals surface area (Å²) in [6.07, 6.45) is 3.17. The van der Waals surface area contributed by atoms with Gasteiger partial charge in [0, 0.05) is 18.0 Å². The van der Waals surface area contributed by atoms with Gasteiger partial charge in [-0.3, -0.25) is 0 Å². The standard InChI is InChI=1S/C17H21FN2O2/c1-12(9-10-14-6-5-11-22-14)19-17(21)20-13(2)15-7-3-4-8-16(15)18/h3-8,11-13H,9-10H2,1-2H3,(H2,19,20,21)/t12-,13+/m1/s1. The molecule has 22 heavy (non-hydrogen) atoms. The Labute approximate surface area is 129 Å². The molecule has 2 aromatic rings. The van der Waals surface area contributed by atoms with Crippen LogP contribution < -0.4 is 10.6 Å². The highest BCUT2D eigenvalue weighted by molar-refractivity contribution is 5.74. The maximum absolute atomic E-state index is 13.6. The number of urea groups is 1. The van der Waals surface area contributed by atoms with Gasteiger partial charge in [0.2, 0.25) is 0 Å². The van der Waals surface area contributed by atoms with Crippen molar-refractivity contribution in [3.63, 3.8) is 0 Å². The van der Waals surface area contributed by atoms with Crippen molar-refractivity contribution in [2.24, 2.45) is 0 Å². The van der Waals surface area contributed by atoms with Gasteiger partial charge < -0.3 is 15.1 Å². The van der Waals surface area contributed by atoms with E-state index in [0.717, 1.165) is 18.6 Å². The van der Waals surface area contributed by atoms with E-state index in [4.69, 9.17) is 4.42 Å². The third kappa shape index (κ3) is 4.62. The third-order valence-electron chi connectivity index (χ3n) is 3.50. The minimum atomic E-state index is -0.390. The molecule has 0 aliphatic carbocycles. The molecule has 2 atom stereocenters. The Bertz CT molecular complexity index is 598. The number of carbonyl (C=O) groups excluding carboxylic acids is 1. The van der Waals surface area contributed by atoms with Crippen LogP contribution in [0.5, 0.6) is 0 Å². The molecule has 0 bridgehead atoms. The van der Waals surface area contributed by atoms with Crippen molar-refractivity contribution in [1.29, 1.82) is 0 Å². The van der Waals surface area contributed by atoms with E-state index in [-0.39, 0.29) is 17.9 Å². The van der Waals surface area contributed by atoms with Crippen LogP contribution in [0.15, 0.2) is 47.1 Å². The van der Waals surface area contributed by atoms with Crippen LogP contribution in [0, 0.1) is 5.82 Å². The van der Waals surface area contributed by atoms with Crippen LogP contribution in [0.1, 0.15) is 37.6 Å². The highest BCUT2D eigenvalue weighted by Gasteiger charge is 2.14. The first-order valence-corrected chi connectivity index (χ1v) is 7.40. The second-order valence-corrected chi connectivity index (χ2v) is 5.38. The molecule has 2 amide bonds. The van der Waals surface area contributed by atoms with Crippen molar-refractivity contribution in [2.75, 3.05) is 0 Å². The molecular formula is C17H21FN2O2. The number of halogens is 1. The lowest BCUT2D eigenvalue weighted by atomic mass is 10.1. The second-order valence-electron chi connectivity index (χ2n) is 5.38. The number of amides is 2. The van der Waals surface area contributed by atoms with Crippen molar-refractivity contribution >= 4 is 6.03 Å². The number of benzene rings is 1. The molecule has 2 N–H and O–H groups in total. The summed E-state index contributed by atoms with van der Waals surface area (Å²) in [6, 6.07) is 9.49. The molecule has 0 fully saturated rings. The number of nitrogens with one attached hydrogen (secondary N) is 2. The summed E-state index contributed by atoms with van der Waals surface area (Å²) in [6.45, 7) is 3.68. The van der Waals surface area contributed by atoms with Gasteiger partial charge in [0.25, 0.3) is 0 Å². The summed E-state index contributed by atoms with van der Waals surface area (Å²) in [5, 5.41) is 5.60. The van der Waals surface area contributed by atoms with Crippen LogP contribution in [-0.2, 0) is 6.42 Å². The van der Waals surface area contributed by atoms with E-state index in [1.807, 2.05) is 19.1 Å². The summed E-state index contributed by atoms with van der Waals surface area (Å²) < 4.78 is 18.9. The van der Waals surface area contributed by atoms with Crippen molar-refractivity contribution in [1.82, 2.24) is 10.6 Å². The summed E-state index contributed by atoms with van der Waals surface area (Å²) >= 11 is 0. The minimum Gasteiger partial charge on any atom is -0.469 e. The average molecular weight is 304 g/mol. The topological polar surface area (TPSA) is 54.3 Å². The third-order valence-corrected chi connectivity index (χ3v) is 3.50. The molecule has 1 aromatic heterocycles. The van der Waals surface area contributed by atoms with Gasteiger partial charge in [0.05, 0.1) is 12.3 Å². The highest BCUT2D eigenvalue weighted by atomic mass is 19.1. The minimum absolute atomic E-state index is 0.00193. The lowest BCUT2D eigenvalue weighted by Gasteiger charge is -2.18. The quantitative estimate of drug-likeness (QED) is 0.853. The Morgan fingerprint density at radius 3 is 2.64 bits per heavy atom. The van der Waals surface area contributed by atoms with Gasteiger partial charge in [0.15, 0.2) is 0 Å². The van der Waals surface area contributed by atoms with E-state index in [2.05, 4.69) is 10.6 Å². The zero-order chi connectivity index (χ0) is 15.9. The van der Waals surface area contributed by atoms with Gasteiger partial charge in [0.1, 0.15) is 11.6 Å². The Morgan fingerprint density at radius 1 is 1.18 bits per heavy atom. The molecule has 0 unspecified atom stereocenters. The molecule has 0 aliphatic rings. The Hall–Kier alpha value is -2.30. The molecule has 0 saturated carbocycles. The van der Waals surface area contributed by atoms with Crippen molar-refractivity contribution in [2.45, 2.75) is 38.8 Å². The monoisotopic (exact) mass is 304 g/mol. The smallest absolute Gasteiger partial charge is 0.315 e. The molecule has 1 heterocycles. The van der Waals surface area contributed by atoms with Gasteiger partial charge in [-0.2, -0.15) is 0 Å². The van der Waals surface area contributed by atoms with Crippen LogP contribution in [0.3, 0.4) is 0 Å². The van der Waals surface area contributed by atoms with E-state index >= 15 is 0 Å². The largest absolute Gasteiger partial charge is 0.469 e. The zero-order valence-corrected chi connectivity index (χ0v) is 12.8. The Balaban J connectivity index is 1.78. The van der Waals surface area contributed by atoms with E-state index in [0.29, 0.717) is 5.56 Å². The molecule has 1 aromatic carbocycles. The van der Waals surface area contributed by atoms with Gasteiger partial charge in [-0.05, 0) is 38.5 Å². The van der Waals surface area contributed by atoms with Gasteiger partial charge >= 0.3 is 6.03 Å². The van der Waals surface area contributed by atoms with Crippen LogP contribution in [0.4, 0.5) is 9.18 Å². The zero-order valence-electron chi connectivity index (χ0n) is 12.8. The van der Waals surface area contributed by atoms with E-state index in [1.54, 1.807) is 31.4 Å². The number of hydrogen-bond donors (Lipinski definition) is 2. The summed E-state index contributed by atoms with van der Waals surface area (Å²) in [5.74, 6) is 0.579. The van der Waals surface area contributed by atoms with Crippen molar-refractivity contribution in [3.8, 4) is 0 Å². The molecular weight excluding hydrogens is 283 g/mol. The maximum atomic E-state index is 13.6. The van der Waals surface area contributed by atoms with E-state index in [9.17, 15) is 9.18 Å².